The van der Waals surface area contributed by atoms with Gasteiger partial charge in [0.25, 0.3) is 5.91 Å². The SMILES string of the molecule is O=C(Nc1nnc(Cc2ccc3c(c2)OCO3)o1)c1cccc2ccccc12. The summed E-state index contributed by atoms with van der Waals surface area (Å²) in [7, 11) is 0. The number of carbonyl (C=O) groups excluding carboxylic acids is 1. The normalized spacial score (nSPS) is 12.3. The van der Waals surface area contributed by atoms with Crippen LogP contribution in [0.2, 0.25) is 0 Å². The number of nitrogens with zero attached hydrogens (tertiary/aromatic N) is 2. The number of benzene rings is 3. The molecule has 0 spiro atoms. The number of aromatic nitrogens is 2. The molecule has 1 N–H and O–H groups in total. The third-order valence-corrected chi connectivity index (χ3v) is 4.51. The van der Waals surface area contributed by atoms with Crippen molar-refractivity contribution in [2.75, 3.05) is 12.1 Å². The Morgan fingerprint density at radius 3 is 2.79 bits per heavy atom. The van der Waals surface area contributed by atoms with Crippen LogP contribution in [0.3, 0.4) is 0 Å². The molecule has 0 saturated carbocycles. The second-order valence-corrected chi connectivity index (χ2v) is 6.35. The molecule has 0 atom stereocenters. The molecule has 7 nitrogen and oxygen atoms in total. The lowest BCUT2D eigenvalue weighted by Gasteiger charge is -2.05. The van der Waals surface area contributed by atoms with Crippen molar-refractivity contribution in [1.82, 2.24) is 10.2 Å². The van der Waals surface area contributed by atoms with Gasteiger partial charge in [-0.1, -0.05) is 47.6 Å². The summed E-state index contributed by atoms with van der Waals surface area (Å²) in [6, 6.07) is 19.0. The van der Waals surface area contributed by atoms with Crippen LogP contribution >= 0.6 is 0 Å². The fourth-order valence-electron chi connectivity index (χ4n) is 3.19. The quantitative estimate of drug-likeness (QED) is 0.586. The monoisotopic (exact) mass is 373 g/mol. The molecule has 1 aliphatic heterocycles. The van der Waals surface area contributed by atoms with Crippen molar-refractivity contribution in [1.29, 1.82) is 0 Å². The molecule has 7 heteroatoms. The van der Waals surface area contributed by atoms with Gasteiger partial charge in [-0.25, -0.2) is 0 Å². The minimum Gasteiger partial charge on any atom is -0.454 e. The molecule has 0 fully saturated rings. The standard InChI is InChI=1S/C21H15N3O4/c25-20(16-7-3-5-14-4-1-2-6-15(14)16)22-21-24-23-19(28-21)11-13-8-9-17-18(10-13)27-12-26-17/h1-10H,11-12H2,(H,22,24,25). The molecule has 0 radical (unpaired) electrons. The summed E-state index contributed by atoms with van der Waals surface area (Å²) in [5.74, 6) is 1.51. The van der Waals surface area contributed by atoms with Crippen molar-refractivity contribution in [2.45, 2.75) is 6.42 Å². The minimum absolute atomic E-state index is 0.0636. The van der Waals surface area contributed by atoms with Crippen molar-refractivity contribution in [3.63, 3.8) is 0 Å². The van der Waals surface area contributed by atoms with Crippen molar-refractivity contribution in [3.05, 3.63) is 77.7 Å². The van der Waals surface area contributed by atoms with Gasteiger partial charge in [-0.2, -0.15) is 0 Å². The highest BCUT2D eigenvalue weighted by molar-refractivity contribution is 6.12. The second-order valence-electron chi connectivity index (χ2n) is 6.35. The summed E-state index contributed by atoms with van der Waals surface area (Å²) in [5.41, 5.74) is 1.49. The van der Waals surface area contributed by atoms with Crippen LogP contribution in [0.1, 0.15) is 21.8 Å². The van der Waals surface area contributed by atoms with E-state index in [9.17, 15) is 4.79 Å². The minimum atomic E-state index is -0.296. The zero-order chi connectivity index (χ0) is 18.9. The Hall–Kier alpha value is -3.87. The van der Waals surface area contributed by atoms with Crippen molar-refractivity contribution in [3.8, 4) is 11.5 Å². The van der Waals surface area contributed by atoms with Crippen LogP contribution in [0.5, 0.6) is 11.5 Å². The number of hydrogen-bond donors (Lipinski definition) is 1. The first kappa shape index (κ1) is 16.3. The summed E-state index contributed by atoms with van der Waals surface area (Å²) in [6.45, 7) is 0.226. The lowest BCUT2D eigenvalue weighted by molar-refractivity contribution is 0.102. The Labute approximate surface area is 159 Å². The van der Waals surface area contributed by atoms with Crippen LogP contribution in [0.25, 0.3) is 10.8 Å². The van der Waals surface area contributed by atoms with E-state index < -0.39 is 0 Å². The lowest BCUT2D eigenvalue weighted by Crippen LogP contribution is -2.12. The summed E-state index contributed by atoms with van der Waals surface area (Å²) in [6.07, 6.45) is 0.424. The first-order valence-electron chi connectivity index (χ1n) is 8.76. The van der Waals surface area contributed by atoms with E-state index in [0.29, 0.717) is 23.6 Å². The van der Waals surface area contributed by atoms with E-state index in [1.54, 1.807) is 6.07 Å². The maximum Gasteiger partial charge on any atom is 0.322 e. The molecule has 1 aromatic heterocycles. The van der Waals surface area contributed by atoms with Crippen LogP contribution in [0.4, 0.5) is 6.01 Å². The number of ether oxygens (including phenoxy) is 2. The van der Waals surface area contributed by atoms with Gasteiger partial charge in [0.2, 0.25) is 12.7 Å². The summed E-state index contributed by atoms with van der Waals surface area (Å²) in [4.78, 5) is 12.7. The zero-order valence-electron chi connectivity index (χ0n) is 14.7. The summed E-state index contributed by atoms with van der Waals surface area (Å²) >= 11 is 0. The smallest absolute Gasteiger partial charge is 0.322 e. The molecular weight excluding hydrogens is 358 g/mol. The number of amides is 1. The van der Waals surface area contributed by atoms with Gasteiger partial charge in [0.05, 0.1) is 6.42 Å². The Kier molecular flexibility index (Phi) is 3.90. The van der Waals surface area contributed by atoms with Crippen LogP contribution in [-0.2, 0) is 6.42 Å². The van der Waals surface area contributed by atoms with E-state index in [1.807, 2.05) is 54.6 Å². The molecule has 0 aliphatic carbocycles. The van der Waals surface area contributed by atoms with Gasteiger partial charge in [0, 0.05) is 5.56 Å². The third-order valence-electron chi connectivity index (χ3n) is 4.51. The molecule has 28 heavy (non-hydrogen) atoms. The number of nitrogens with one attached hydrogen (secondary N) is 1. The Morgan fingerprint density at radius 1 is 0.964 bits per heavy atom. The number of rotatable bonds is 4. The predicted molar refractivity (Wildman–Crippen MR) is 102 cm³/mol. The molecule has 2 heterocycles. The average molecular weight is 373 g/mol. The van der Waals surface area contributed by atoms with E-state index >= 15 is 0 Å². The molecule has 5 rings (SSSR count). The molecule has 1 amide bonds. The van der Waals surface area contributed by atoms with Crippen LogP contribution in [-0.4, -0.2) is 22.9 Å². The number of fused-ring (bicyclic) bond motifs is 2. The number of anilines is 1. The van der Waals surface area contributed by atoms with Crippen molar-refractivity contribution < 1.29 is 18.7 Å². The van der Waals surface area contributed by atoms with E-state index in [1.165, 1.54) is 0 Å². The highest BCUT2D eigenvalue weighted by Crippen LogP contribution is 2.33. The van der Waals surface area contributed by atoms with Gasteiger partial charge >= 0.3 is 6.01 Å². The van der Waals surface area contributed by atoms with Crippen molar-refractivity contribution >= 4 is 22.7 Å². The maximum atomic E-state index is 12.7. The second kappa shape index (κ2) is 6.70. The van der Waals surface area contributed by atoms with Crippen molar-refractivity contribution in [2.24, 2.45) is 0 Å². The Morgan fingerprint density at radius 2 is 1.82 bits per heavy atom. The average Bonchev–Trinajstić information content (AvgIpc) is 3.36. The van der Waals surface area contributed by atoms with Gasteiger partial charge < -0.3 is 13.9 Å². The Bertz CT molecular complexity index is 1180. The molecule has 138 valence electrons. The molecule has 0 unspecified atom stereocenters. The van der Waals surface area contributed by atoms with Gasteiger partial charge in [-0.3, -0.25) is 10.1 Å². The maximum absolute atomic E-state index is 12.7. The van der Waals surface area contributed by atoms with Gasteiger partial charge in [0.1, 0.15) is 0 Å². The topological polar surface area (TPSA) is 86.5 Å². The lowest BCUT2D eigenvalue weighted by atomic mass is 10.0. The fraction of sp³-hybridized carbons (Fsp3) is 0.0952. The Balaban J connectivity index is 1.33. The van der Waals surface area contributed by atoms with E-state index in [0.717, 1.165) is 22.1 Å². The van der Waals surface area contributed by atoms with Gasteiger partial charge in [0.15, 0.2) is 11.5 Å². The predicted octanol–water partition coefficient (Wildman–Crippen LogP) is 3.79. The molecule has 0 saturated heterocycles. The van der Waals surface area contributed by atoms with E-state index in [2.05, 4.69) is 15.5 Å². The summed E-state index contributed by atoms with van der Waals surface area (Å²) in [5, 5.41) is 12.5. The van der Waals surface area contributed by atoms with Gasteiger partial charge in [-0.15, -0.1) is 5.10 Å². The number of carbonyl (C=O) groups is 1. The molecule has 4 aromatic rings. The van der Waals surface area contributed by atoms with E-state index in [4.69, 9.17) is 13.9 Å². The number of hydrogen-bond acceptors (Lipinski definition) is 6. The molecule has 0 bridgehead atoms. The first-order chi connectivity index (χ1) is 13.8. The van der Waals surface area contributed by atoms with Crippen LogP contribution in [0, 0.1) is 0 Å². The zero-order valence-corrected chi connectivity index (χ0v) is 14.7. The largest absolute Gasteiger partial charge is 0.454 e. The summed E-state index contributed by atoms with van der Waals surface area (Å²) < 4.78 is 16.3. The highest BCUT2D eigenvalue weighted by atomic mass is 16.7. The fourth-order valence-corrected chi connectivity index (χ4v) is 3.19. The van der Waals surface area contributed by atoms with Crippen LogP contribution < -0.4 is 14.8 Å². The highest BCUT2D eigenvalue weighted by Gasteiger charge is 2.16. The third kappa shape index (κ3) is 3.03. The molecular formula is C21H15N3O4. The molecule has 3 aromatic carbocycles. The molecule has 1 aliphatic rings. The van der Waals surface area contributed by atoms with Crippen LogP contribution in [0.15, 0.2) is 65.1 Å². The first-order valence-corrected chi connectivity index (χ1v) is 8.76. The van der Waals surface area contributed by atoms with Gasteiger partial charge in [-0.05, 0) is 34.5 Å². The van der Waals surface area contributed by atoms with E-state index in [-0.39, 0.29) is 18.7 Å².